The van der Waals surface area contributed by atoms with Gasteiger partial charge in [0.15, 0.2) is 0 Å². The predicted molar refractivity (Wildman–Crippen MR) is 115 cm³/mol. The van der Waals surface area contributed by atoms with E-state index in [1.165, 1.54) is 6.92 Å². The summed E-state index contributed by atoms with van der Waals surface area (Å²) in [4.78, 5) is 39.9. The first-order valence-corrected chi connectivity index (χ1v) is 10.0. The largest absolute Gasteiger partial charge is 0.480 e. The summed E-state index contributed by atoms with van der Waals surface area (Å²) in [5.74, 6) is -3.43. The van der Waals surface area contributed by atoms with Gasteiger partial charge in [-0.15, -0.1) is 0 Å². The monoisotopic (exact) mass is 452 g/mol. The Bertz CT molecular complexity index is 525. The van der Waals surface area contributed by atoms with Crippen molar-refractivity contribution >= 4 is 23.9 Å². The number of carboxylic acid groups (broad SMARTS) is 4. The molecule has 1 aliphatic heterocycles. The summed E-state index contributed by atoms with van der Waals surface area (Å²) in [5, 5.41) is 35.7. The summed E-state index contributed by atoms with van der Waals surface area (Å²) < 4.78 is 0. The third-order valence-corrected chi connectivity index (χ3v) is 4.29. The second-order valence-corrected chi connectivity index (χ2v) is 7.47. The summed E-state index contributed by atoms with van der Waals surface area (Å²) in [5.41, 5.74) is 15.3. The zero-order valence-corrected chi connectivity index (χ0v) is 18.9. The number of nitrogens with two attached hydrogens (primary N) is 3. The molecule has 0 amide bonds. The minimum Gasteiger partial charge on any atom is -0.480 e. The standard InChI is InChI=1S/C6H13NO2.C5H9NO2.C5H11NO2.C3H7NO2/c1-3-4(2)5(7)6(8)9;7-5(8)4-2-1-3-6-4;1-3(2)4(6)5(7)8;1-2(4)3(5)6/h4-5H,3,7H2,1-2H3,(H,8,9);4,6H,1-3H2,(H,7,8);3-4H,6H2,1-2H3,(H,7,8);2H,4H2,1H3,(H,5,6)/t4-,5-;2*4-;2-/m0000/s1. The number of hydrogen-bond acceptors (Lipinski definition) is 8. The van der Waals surface area contributed by atoms with Gasteiger partial charge in [0.2, 0.25) is 0 Å². The van der Waals surface area contributed by atoms with Gasteiger partial charge in [0.25, 0.3) is 0 Å². The van der Waals surface area contributed by atoms with Crippen molar-refractivity contribution in [3.8, 4) is 0 Å². The Balaban J connectivity index is -0.000000340. The van der Waals surface area contributed by atoms with Gasteiger partial charge in [0.1, 0.15) is 24.2 Å². The van der Waals surface area contributed by atoms with Gasteiger partial charge in [-0.25, -0.2) is 0 Å². The Labute approximate surface area is 183 Å². The lowest BCUT2D eigenvalue weighted by Gasteiger charge is -2.11. The van der Waals surface area contributed by atoms with E-state index in [0.29, 0.717) is 0 Å². The summed E-state index contributed by atoms with van der Waals surface area (Å²) in [6.07, 6.45) is 2.60. The molecule has 0 aliphatic carbocycles. The number of hydrogen-bond donors (Lipinski definition) is 8. The minimum absolute atomic E-state index is 0.0208. The second-order valence-electron chi connectivity index (χ2n) is 7.47. The fourth-order valence-electron chi connectivity index (χ4n) is 1.68. The van der Waals surface area contributed by atoms with E-state index in [1.807, 2.05) is 13.8 Å². The van der Waals surface area contributed by atoms with Crippen LogP contribution in [0, 0.1) is 11.8 Å². The van der Waals surface area contributed by atoms with E-state index < -0.39 is 42.0 Å². The van der Waals surface area contributed by atoms with E-state index in [-0.39, 0.29) is 17.9 Å². The van der Waals surface area contributed by atoms with Gasteiger partial charge < -0.3 is 42.9 Å². The molecule has 0 aromatic heterocycles. The summed E-state index contributed by atoms with van der Waals surface area (Å²) in [7, 11) is 0. The Morgan fingerprint density at radius 2 is 1.29 bits per heavy atom. The molecule has 1 fully saturated rings. The first kappa shape index (κ1) is 33.4. The van der Waals surface area contributed by atoms with E-state index in [1.54, 1.807) is 13.8 Å². The molecule has 0 aromatic carbocycles. The zero-order valence-electron chi connectivity index (χ0n) is 18.9. The molecule has 31 heavy (non-hydrogen) atoms. The first-order valence-electron chi connectivity index (χ1n) is 10.0. The summed E-state index contributed by atoms with van der Waals surface area (Å²) in [6.45, 7) is 9.59. The Morgan fingerprint density at radius 3 is 1.39 bits per heavy atom. The van der Waals surface area contributed by atoms with Crippen molar-refractivity contribution < 1.29 is 39.6 Å². The van der Waals surface area contributed by atoms with Crippen molar-refractivity contribution in [3.63, 3.8) is 0 Å². The quantitative estimate of drug-likeness (QED) is 0.249. The van der Waals surface area contributed by atoms with Crippen LogP contribution >= 0.6 is 0 Å². The van der Waals surface area contributed by atoms with Gasteiger partial charge in [0.05, 0.1) is 0 Å². The maximum atomic E-state index is 10.2. The van der Waals surface area contributed by atoms with Crippen molar-refractivity contribution in [2.45, 2.75) is 78.0 Å². The van der Waals surface area contributed by atoms with Crippen molar-refractivity contribution in [1.82, 2.24) is 5.32 Å². The molecule has 1 saturated heterocycles. The number of nitrogens with one attached hydrogen (secondary N) is 1. The molecular weight excluding hydrogens is 412 g/mol. The fraction of sp³-hybridized carbons (Fsp3) is 0.789. The molecule has 184 valence electrons. The highest BCUT2D eigenvalue weighted by molar-refractivity contribution is 5.74. The van der Waals surface area contributed by atoms with E-state index >= 15 is 0 Å². The molecule has 11 N–H and O–H groups in total. The van der Waals surface area contributed by atoms with Crippen molar-refractivity contribution in [2.24, 2.45) is 29.0 Å². The molecule has 0 radical (unpaired) electrons. The lowest BCUT2D eigenvalue weighted by Crippen LogP contribution is -2.36. The molecule has 1 heterocycles. The maximum Gasteiger partial charge on any atom is 0.320 e. The average molecular weight is 453 g/mol. The third kappa shape index (κ3) is 19.4. The normalized spacial score (nSPS) is 18.4. The van der Waals surface area contributed by atoms with Crippen LogP contribution in [0.15, 0.2) is 0 Å². The van der Waals surface area contributed by atoms with E-state index in [0.717, 1.165) is 25.8 Å². The van der Waals surface area contributed by atoms with Gasteiger partial charge in [-0.1, -0.05) is 34.1 Å². The van der Waals surface area contributed by atoms with Crippen molar-refractivity contribution in [1.29, 1.82) is 0 Å². The van der Waals surface area contributed by atoms with Crippen LogP contribution in [0.1, 0.15) is 53.9 Å². The van der Waals surface area contributed by atoms with Gasteiger partial charge in [-0.3, -0.25) is 19.2 Å². The summed E-state index contributed by atoms with van der Waals surface area (Å²) >= 11 is 0. The second kappa shape index (κ2) is 18.5. The van der Waals surface area contributed by atoms with E-state index in [4.69, 9.17) is 37.6 Å². The van der Waals surface area contributed by atoms with Crippen LogP contribution < -0.4 is 22.5 Å². The Kier molecular flexibility index (Phi) is 19.9. The first-order chi connectivity index (χ1) is 14.1. The van der Waals surface area contributed by atoms with Gasteiger partial charge in [-0.2, -0.15) is 0 Å². The van der Waals surface area contributed by atoms with Crippen molar-refractivity contribution in [3.05, 3.63) is 0 Å². The molecule has 0 aromatic rings. The van der Waals surface area contributed by atoms with Gasteiger partial charge in [0, 0.05) is 0 Å². The zero-order chi connectivity index (χ0) is 25.3. The third-order valence-electron chi connectivity index (χ3n) is 4.29. The molecule has 5 atom stereocenters. The highest BCUT2D eigenvalue weighted by Gasteiger charge is 2.20. The summed E-state index contributed by atoms with van der Waals surface area (Å²) in [6, 6.07) is -2.41. The molecule has 1 aliphatic rings. The van der Waals surface area contributed by atoms with Crippen LogP contribution in [0.2, 0.25) is 0 Å². The molecular formula is C19H40N4O8. The van der Waals surface area contributed by atoms with Crippen LogP contribution in [0.4, 0.5) is 0 Å². The highest BCUT2D eigenvalue weighted by atomic mass is 16.4. The molecule has 0 spiro atoms. The van der Waals surface area contributed by atoms with Crippen LogP contribution in [-0.2, 0) is 19.2 Å². The van der Waals surface area contributed by atoms with Gasteiger partial charge in [-0.05, 0) is 38.1 Å². The van der Waals surface area contributed by atoms with Gasteiger partial charge >= 0.3 is 23.9 Å². The number of carboxylic acids is 4. The van der Waals surface area contributed by atoms with Crippen LogP contribution in [0.5, 0.6) is 0 Å². The number of aliphatic carboxylic acids is 4. The molecule has 0 unspecified atom stereocenters. The molecule has 0 bridgehead atoms. The van der Waals surface area contributed by atoms with Crippen LogP contribution in [-0.4, -0.2) is 75.0 Å². The Hall–Kier alpha value is -2.28. The topological polar surface area (TPSA) is 239 Å². The molecule has 12 nitrogen and oxygen atoms in total. The van der Waals surface area contributed by atoms with Crippen molar-refractivity contribution in [2.75, 3.05) is 6.54 Å². The van der Waals surface area contributed by atoms with E-state index in [9.17, 15) is 19.2 Å². The lowest BCUT2D eigenvalue weighted by molar-refractivity contribution is -0.140. The smallest absolute Gasteiger partial charge is 0.320 e. The van der Waals surface area contributed by atoms with E-state index in [2.05, 4.69) is 5.32 Å². The predicted octanol–water partition coefficient (Wildman–Crippen LogP) is -0.260. The maximum absolute atomic E-state index is 10.2. The number of rotatable bonds is 7. The molecule has 1 rings (SSSR count). The van der Waals surface area contributed by atoms with Crippen LogP contribution in [0.25, 0.3) is 0 Å². The lowest BCUT2D eigenvalue weighted by atomic mass is 10.0. The molecule has 12 heteroatoms. The minimum atomic E-state index is -0.963. The SMILES string of the molecule is CC(C)[C@H](N)C(=O)O.CC[C@H](C)[C@H](N)C(=O)O.C[C@H](N)C(=O)O.O=C(O)[C@@H]1CCCN1. The Morgan fingerprint density at radius 1 is 0.871 bits per heavy atom. The number of carbonyl (C=O) groups is 4. The fourth-order valence-corrected chi connectivity index (χ4v) is 1.68. The van der Waals surface area contributed by atoms with Crippen LogP contribution in [0.3, 0.4) is 0 Å². The molecule has 0 saturated carbocycles. The average Bonchev–Trinajstić information content (AvgIpc) is 3.22. The highest BCUT2D eigenvalue weighted by Crippen LogP contribution is 2.04.